The summed E-state index contributed by atoms with van der Waals surface area (Å²) >= 11 is 0. The van der Waals surface area contributed by atoms with Crippen molar-refractivity contribution in [1.29, 1.82) is 0 Å². The van der Waals surface area contributed by atoms with Gasteiger partial charge in [0.05, 0.1) is 6.04 Å². The standard InChI is InChI=1S/C26H34N2O/c1-4-5-18-28-22-14-16-26(28,17-15-22)24(21-12-7-6-8-13-21)27-25(29)23-19(2)10-9-11-20(23)3/h6-13,22,24H,4-5,14-18H2,1-3H3,(H,27,29)/t22?,24-,26?/m1/s1. The van der Waals surface area contributed by atoms with E-state index in [0.29, 0.717) is 6.04 Å². The van der Waals surface area contributed by atoms with Gasteiger partial charge in [0.2, 0.25) is 0 Å². The van der Waals surface area contributed by atoms with Gasteiger partial charge in [-0.2, -0.15) is 0 Å². The molecule has 2 saturated heterocycles. The number of benzene rings is 2. The largest absolute Gasteiger partial charge is 0.343 e. The highest BCUT2D eigenvalue weighted by molar-refractivity contribution is 5.97. The zero-order valence-electron chi connectivity index (χ0n) is 18.1. The fourth-order valence-electron chi connectivity index (χ4n) is 5.80. The molecule has 0 saturated carbocycles. The summed E-state index contributed by atoms with van der Waals surface area (Å²) in [5.41, 5.74) is 4.21. The lowest BCUT2D eigenvalue weighted by Gasteiger charge is -2.42. The minimum atomic E-state index is 0.0274. The van der Waals surface area contributed by atoms with E-state index in [9.17, 15) is 4.79 Å². The number of nitrogens with zero attached hydrogens (tertiary/aromatic N) is 1. The Kier molecular flexibility index (Phi) is 5.78. The number of aryl methyl sites for hydroxylation is 2. The monoisotopic (exact) mass is 390 g/mol. The highest BCUT2D eigenvalue weighted by Crippen LogP contribution is 2.52. The van der Waals surface area contributed by atoms with Crippen molar-refractivity contribution in [2.45, 2.75) is 76.9 Å². The third kappa shape index (κ3) is 3.61. The summed E-state index contributed by atoms with van der Waals surface area (Å²) < 4.78 is 0. The second kappa shape index (κ2) is 8.31. The molecule has 0 unspecified atom stereocenters. The minimum absolute atomic E-state index is 0.0274. The Morgan fingerprint density at radius 3 is 2.34 bits per heavy atom. The van der Waals surface area contributed by atoms with Crippen LogP contribution in [-0.2, 0) is 0 Å². The van der Waals surface area contributed by atoms with Crippen LogP contribution >= 0.6 is 0 Å². The lowest BCUT2D eigenvalue weighted by molar-refractivity contribution is 0.0776. The zero-order valence-corrected chi connectivity index (χ0v) is 18.1. The summed E-state index contributed by atoms with van der Waals surface area (Å²) in [7, 11) is 0. The number of unbranched alkanes of at least 4 members (excludes halogenated alkanes) is 1. The average Bonchev–Trinajstić information content (AvgIpc) is 3.26. The van der Waals surface area contributed by atoms with Gasteiger partial charge in [0.1, 0.15) is 0 Å². The number of carbonyl (C=O) groups excluding carboxylic acids is 1. The van der Waals surface area contributed by atoms with Crippen LogP contribution < -0.4 is 5.32 Å². The van der Waals surface area contributed by atoms with Gasteiger partial charge in [0, 0.05) is 17.1 Å². The van der Waals surface area contributed by atoms with Crippen molar-refractivity contribution >= 4 is 5.91 Å². The molecule has 2 heterocycles. The molecule has 4 rings (SSSR count). The summed E-state index contributed by atoms with van der Waals surface area (Å²) in [6.45, 7) is 7.48. The summed E-state index contributed by atoms with van der Waals surface area (Å²) in [6.07, 6.45) is 7.30. The molecule has 2 bridgehead atoms. The molecule has 0 aromatic heterocycles. The molecule has 1 amide bonds. The van der Waals surface area contributed by atoms with Crippen molar-refractivity contribution in [2.24, 2.45) is 0 Å². The van der Waals surface area contributed by atoms with Crippen molar-refractivity contribution < 1.29 is 4.79 Å². The number of hydrogen-bond donors (Lipinski definition) is 1. The predicted octanol–water partition coefficient (Wildman–Crippen LogP) is 5.57. The van der Waals surface area contributed by atoms with Gasteiger partial charge in [-0.1, -0.05) is 61.9 Å². The smallest absolute Gasteiger partial charge is 0.252 e. The third-order valence-electron chi connectivity index (χ3n) is 7.24. The van der Waals surface area contributed by atoms with E-state index in [-0.39, 0.29) is 17.5 Å². The maximum absolute atomic E-state index is 13.5. The van der Waals surface area contributed by atoms with Gasteiger partial charge in [-0.05, 0) is 69.2 Å². The number of nitrogens with one attached hydrogen (secondary N) is 1. The number of hydrogen-bond acceptors (Lipinski definition) is 2. The van der Waals surface area contributed by atoms with Gasteiger partial charge in [-0.15, -0.1) is 0 Å². The SMILES string of the molecule is CCCCN1C2CCC1([C@H](NC(=O)c1c(C)cccc1C)c1ccccc1)CC2. The molecule has 1 N–H and O–H groups in total. The first-order valence-corrected chi connectivity index (χ1v) is 11.3. The highest BCUT2D eigenvalue weighted by Gasteiger charge is 2.56. The predicted molar refractivity (Wildman–Crippen MR) is 119 cm³/mol. The van der Waals surface area contributed by atoms with Crippen molar-refractivity contribution in [3.05, 3.63) is 70.8 Å². The normalized spacial score (nSPS) is 24.6. The van der Waals surface area contributed by atoms with E-state index in [2.05, 4.69) is 47.5 Å². The number of carbonyl (C=O) groups is 1. The van der Waals surface area contributed by atoms with Crippen molar-refractivity contribution in [3.8, 4) is 0 Å². The lowest BCUT2D eigenvalue weighted by Crippen LogP contribution is -2.52. The van der Waals surface area contributed by atoms with Crippen molar-refractivity contribution in [3.63, 3.8) is 0 Å². The van der Waals surface area contributed by atoms with E-state index >= 15 is 0 Å². The Balaban J connectivity index is 1.71. The molecule has 29 heavy (non-hydrogen) atoms. The van der Waals surface area contributed by atoms with Gasteiger partial charge in [-0.3, -0.25) is 9.69 Å². The molecule has 0 aliphatic carbocycles. The Bertz CT molecular complexity index is 832. The van der Waals surface area contributed by atoms with Crippen LogP contribution in [-0.4, -0.2) is 28.9 Å². The van der Waals surface area contributed by atoms with Gasteiger partial charge < -0.3 is 5.32 Å². The molecule has 0 radical (unpaired) electrons. The van der Waals surface area contributed by atoms with Crippen LogP contribution in [0.5, 0.6) is 0 Å². The molecule has 2 aromatic rings. The lowest BCUT2D eigenvalue weighted by atomic mass is 9.78. The first-order chi connectivity index (χ1) is 14.1. The molecule has 2 aromatic carbocycles. The molecule has 1 atom stereocenters. The van der Waals surface area contributed by atoms with Crippen LogP contribution in [0.3, 0.4) is 0 Å². The van der Waals surface area contributed by atoms with Crippen LogP contribution in [0, 0.1) is 13.8 Å². The molecule has 3 nitrogen and oxygen atoms in total. The molecular weight excluding hydrogens is 356 g/mol. The van der Waals surface area contributed by atoms with Crippen LogP contribution in [0.15, 0.2) is 48.5 Å². The quantitative estimate of drug-likeness (QED) is 0.670. The van der Waals surface area contributed by atoms with Crippen LogP contribution in [0.2, 0.25) is 0 Å². The highest BCUT2D eigenvalue weighted by atomic mass is 16.1. The average molecular weight is 391 g/mol. The van der Waals surface area contributed by atoms with Gasteiger partial charge in [-0.25, -0.2) is 0 Å². The van der Waals surface area contributed by atoms with E-state index in [0.717, 1.165) is 23.2 Å². The fourth-order valence-corrected chi connectivity index (χ4v) is 5.80. The number of rotatable bonds is 7. The first kappa shape index (κ1) is 20.2. The molecular formula is C26H34N2O. The zero-order chi connectivity index (χ0) is 20.4. The van der Waals surface area contributed by atoms with E-state index in [1.807, 2.05) is 32.0 Å². The summed E-state index contributed by atoms with van der Waals surface area (Å²) in [6, 6.07) is 17.4. The summed E-state index contributed by atoms with van der Waals surface area (Å²) in [5.74, 6) is 0.0645. The molecule has 3 heteroatoms. The minimum Gasteiger partial charge on any atom is -0.343 e. The molecule has 2 aliphatic rings. The van der Waals surface area contributed by atoms with Crippen LogP contribution in [0.1, 0.15) is 78.5 Å². The van der Waals surface area contributed by atoms with Gasteiger partial charge >= 0.3 is 0 Å². The molecule has 2 fully saturated rings. The van der Waals surface area contributed by atoms with Gasteiger partial charge in [0.25, 0.3) is 5.91 Å². The van der Waals surface area contributed by atoms with Gasteiger partial charge in [0.15, 0.2) is 0 Å². The van der Waals surface area contributed by atoms with E-state index in [1.54, 1.807) is 0 Å². The summed E-state index contributed by atoms with van der Waals surface area (Å²) in [4.78, 5) is 16.2. The Morgan fingerprint density at radius 2 is 1.72 bits per heavy atom. The Morgan fingerprint density at radius 1 is 1.07 bits per heavy atom. The van der Waals surface area contributed by atoms with Crippen molar-refractivity contribution in [1.82, 2.24) is 10.2 Å². The number of amides is 1. The molecule has 2 aliphatic heterocycles. The molecule has 154 valence electrons. The van der Waals surface area contributed by atoms with E-state index < -0.39 is 0 Å². The summed E-state index contributed by atoms with van der Waals surface area (Å²) in [5, 5.41) is 3.52. The van der Waals surface area contributed by atoms with Crippen LogP contribution in [0.25, 0.3) is 0 Å². The molecule has 0 spiro atoms. The second-order valence-corrected chi connectivity index (χ2v) is 8.97. The second-order valence-electron chi connectivity index (χ2n) is 8.97. The van der Waals surface area contributed by atoms with Crippen molar-refractivity contribution in [2.75, 3.05) is 6.54 Å². The number of fused-ring (bicyclic) bond motifs is 2. The van der Waals surface area contributed by atoms with Crippen LogP contribution in [0.4, 0.5) is 0 Å². The first-order valence-electron chi connectivity index (χ1n) is 11.3. The maximum atomic E-state index is 13.5. The van der Waals surface area contributed by atoms with E-state index in [1.165, 1.54) is 44.1 Å². The third-order valence-corrected chi connectivity index (χ3v) is 7.24. The van der Waals surface area contributed by atoms with E-state index in [4.69, 9.17) is 0 Å². The fraction of sp³-hybridized carbons (Fsp3) is 0.500. The maximum Gasteiger partial charge on any atom is 0.252 e. The topological polar surface area (TPSA) is 32.3 Å². The Labute approximate surface area is 175 Å². The Hall–Kier alpha value is -2.13.